The summed E-state index contributed by atoms with van der Waals surface area (Å²) < 4.78 is 5.19. The molecule has 0 bridgehead atoms. The molecule has 2 fully saturated rings. The monoisotopic (exact) mass is 364 g/mol. The molecule has 1 aromatic rings. The van der Waals surface area contributed by atoms with E-state index in [1.807, 2.05) is 13.8 Å². The molecule has 2 N–H and O–H groups in total. The molecule has 26 heavy (non-hydrogen) atoms. The third-order valence-corrected chi connectivity index (χ3v) is 5.33. The lowest BCUT2D eigenvalue weighted by Crippen LogP contribution is -2.55. The molecule has 2 saturated heterocycles. The van der Waals surface area contributed by atoms with E-state index in [4.69, 9.17) is 4.52 Å². The summed E-state index contributed by atoms with van der Waals surface area (Å²) in [5.74, 6) is 0.656. The van der Waals surface area contributed by atoms with Gasteiger partial charge >= 0.3 is 0 Å². The Morgan fingerprint density at radius 1 is 1.35 bits per heavy atom. The van der Waals surface area contributed by atoms with Crippen molar-refractivity contribution in [2.24, 2.45) is 0 Å². The van der Waals surface area contributed by atoms with Gasteiger partial charge < -0.3 is 19.8 Å². The van der Waals surface area contributed by atoms with E-state index >= 15 is 0 Å². The second kappa shape index (κ2) is 8.18. The van der Waals surface area contributed by atoms with E-state index in [9.17, 15) is 14.7 Å². The molecule has 0 radical (unpaired) electrons. The highest BCUT2D eigenvalue weighted by atomic mass is 16.5. The lowest BCUT2D eigenvalue weighted by Gasteiger charge is -2.36. The van der Waals surface area contributed by atoms with Crippen molar-refractivity contribution in [2.45, 2.75) is 58.2 Å². The van der Waals surface area contributed by atoms with Crippen LogP contribution in [0.2, 0.25) is 0 Å². The lowest BCUT2D eigenvalue weighted by atomic mass is 10.0. The SMILES string of the molecule is Cc1noc(C)c1CN1CC[C@@H](NC(=O)CN2CCCCC2=O)[C@H](O)C1. The molecule has 2 aliphatic heterocycles. The maximum absolute atomic E-state index is 12.2. The molecule has 3 rings (SSSR count). The summed E-state index contributed by atoms with van der Waals surface area (Å²) >= 11 is 0. The van der Waals surface area contributed by atoms with E-state index in [1.165, 1.54) is 0 Å². The number of rotatable bonds is 5. The molecule has 0 aliphatic carbocycles. The van der Waals surface area contributed by atoms with Gasteiger partial charge in [-0.25, -0.2) is 0 Å². The minimum Gasteiger partial charge on any atom is -0.390 e. The summed E-state index contributed by atoms with van der Waals surface area (Å²) in [5, 5.41) is 17.3. The second-order valence-electron chi connectivity index (χ2n) is 7.34. The molecule has 3 heterocycles. The van der Waals surface area contributed by atoms with E-state index in [2.05, 4.69) is 15.4 Å². The number of carbonyl (C=O) groups is 2. The first-order valence-corrected chi connectivity index (χ1v) is 9.33. The molecule has 2 atom stereocenters. The van der Waals surface area contributed by atoms with E-state index in [1.54, 1.807) is 4.90 Å². The first-order valence-electron chi connectivity index (χ1n) is 9.33. The van der Waals surface area contributed by atoms with Crippen LogP contribution in [-0.4, -0.2) is 70.2 Å². The zero-order chi connectivity index (χ0) is 18.7. The van der Waals surface area contributed by atoms with Crippen LogP contribution in [0.25, 0.3) is 0 Å². The summed E-state index contributed by atoms with van der Waals surface area (Å²) in [4.78, 5) is 27.8. The van der Waals surface area contributed by atoms with Gasteiger partial charge in [-0.1, -0.05) is 5.16 Å². The van der Waals surface area contributed by atoms with Crippen molar-refractivity contribution in [3.63, 3.8) is 0 Å². The summed E-state index contributed by atoms with van der Waals surface area (Å²) in [7, 11) is 0. The molecule has 2 aliphatic rings. The third kappa shape index (κ3) is 4.42. The van der Waals surface area contributed by atoms with Crippen LogP contribution in [0.15, 0.2) is 4.52 Å². The maximum Gasteiger partial charge on any atom is 0.239 e. The Hall–Kier alpha value is -1.93. The topological polar surface area (TPSA) is 98.9 Å². The van der Waals surface area contributed by atoms with Crippen molar-refractivity contribution in [3.05, 3.63) is 17.0 Å². The van der Waals surface area contributed by atoms with Crippen molar-refractivity contribution < 1.29 is 19.2 Å². The van der Waals surface area contributed by atoms with Gasteiger partial charge in [-0.15, -0.1) is 0 Å². The van der Waals surface area contributed by atoms with Gasteiger partial charge in [0.2, 0.25) is 11.8 Å². The van der Waals surface area contributed by atoms with E-state index in [0.29, 0.717) is 32.5 Å². The number of likely N-dealkylation sites (tertiary alicyclic amines) is 2. The minimum absolute atomic E-state index is 0.0428. The molecule has 8 heteroatoms. The van der Waals surface area contributed by atoms with Crippen molar-refractivity contribution in [2.75, 3.05) is 26.2 Å². The predicted octanol–water partition coefficient (Wildman–Crippen LogP) is 0.355. The number of aryl methyl sites for hydroxylation is 2. The number of amides is 2. The number of aromatic nitrogens is 1. The number of hydrogen-bond donors (Lipinski definition) is 2. The van der Waals surface area contributed by atoms with Gasteiger partial charge in [0.05, 0.1) is 24.4 Å². The van der Waals surface area contributed by atoms with Crippen molar-refractivity contribution >= 4 is 11.8 Å². The van der Waals surface area contributed by atoms with Crippen LogP contribution in [0.4, 0.5) is 0 Å². The number of piperidine rings is 2. The number of carbonyl (C=O) groups excluding carboxylic acids is 2. The zero-order valence-corrected chi connectivity index (χ0v) is 15.5. The van der Waals surface area contributed by atoms with Crippen LogP contribution >= 0.6 is 0 Å². The number of nitrogens with one attached hydrogen (secondary N) is 1. The quantitative estimate of drug-likeness (QED) is 0.783. The Morgan fingerprint density at radius 2 is 2.15 bits per heavy atom. The van der Waals surface area contributed by atoms with Crippen LogP contribution < -0.4 is 5.32 Å². The molecular formula is C18H28N4O4. The van der Waals surface area contributed by atoms with E-state index in [0.717, 1.165) is 36.4 Å². The van der Waals surface area contributed by atoms with Crippen LogP contribution in [0.1, 0.15) is 42.7 Å². The Bertz CT molecular complexity index is 640. The Labute approximate surface area is 153 Å². The smallest absolute Gasteiger partial charge is 0.239 e. The molecule has 2 amide bonds. The molecule has 0 saturated carbocycles. The first kappa shape index (κ1) is 18.8. The van der Waals surface area contributed by atoms with Gasteiger partial charge in [-0.2, -0.15) is 0 Å². The number of aliphatic hydroxyl groups is 1. The van der Waals surface area contributed by atoms with E-state index < -0.39 is 6.10 Å². The standard InChI is InChI=1S/C18H28N4O4/c1-12-14(13(2)26-20-12)9-21-8-6-15(16(23)10-21)19-17(24)11-22-7-4-3-5-18(22)25/h15-16,23H,3-11H2,1-2H3,(H,19,24)/t15-,16-/m1/s1. The highest BCUT2D eigenvalue weighted by molar-refractivity contribution is 5.85. The number of nitrogens with zero attached hydrogens (tertiary/aromatic N) is 3. The van der Waals surface area contributed by atoms with Crippen molar-refractivity contribution in [3.8, 4) is 0 Å². The van der Waals surface area contributed by atoms with Crippen molar-refractivity contribution in [1.82, 2.24) is 20.3 Å². The second-order valence-corrected chi connectivity index (χ2v) is 7.34. The maximum atomic E-state index is 12.2. The highest BCUT2D eigenvalue weighted by Crippen LogP contribution is 2.19. The average Bonchev–Trinajstić information content (AvgIpc) is 2.91. The fourth-order valence-electron chi connectivity index (χ4n) is 3.72. The fourth-order valence-corrected chi connectivity index (χ4v) is 3.72. The van der Waals surface area contributed by atoms with Crippen LogP contribution in [-0.2, 0) is 16.1 Å². The Kier molecular flexibility index (Phi) is 5.93. The van der Waals surface area contributed by atoms with Crippen molar-refractivity contribution in [1.29, 1.82) is 0 Å². The third-order valence-electron chi connectivity index (χ3n) is 5.33. The average molecular weight is 364 g/mol. The minimum atomic E-state index is -0.634. The largest absolute Gasteiger partial charge is 0.390 e. The highest BCUT2D eigenvalue weighted by Gasteiger charge is 2.30. The van der Waals surface area contributed by atoms with Gasteiger partial charge in [-0.3, -0.25) is 14.5 Å². The van der Waals surface area contributed by atoms with Gasteiger partial charge in [-0.05, 0) is 33.1 Å². The predicted molar refractivity (Wildman–Crippen MR) is 94.2 cm³/mol. The van der Waals surface area contributed by atoms with E-state index in [-0.39, 0.29) is 24.4 Å². The summed E-state index contributed by atoms with van der Waals surface area (Å²) in [5.41, 5.74) is 1.93. The summed E-state index contributed by atoms with van der Waals surface area (Å²) in [6.07, 6.45) is 2.41. The van der Waals surface area contributed by atoms with Crippen LogP contribution in [0.3, 0.4) is 0 Å². The molecule has 8 nitrogen and oxygen atoms in total. The Morgan fingerprint density at radius 3 is 2.81 bits per heavy atom. The number of aliphatic hydroxyl groups excluding tert-OH is 1. The van der Waals surface area contributed by atoms with Crippen LogP contribution in [0.5, 0.6) is 0 Å². The number of hydrogen-bond acceptors (Lipinski definition) is 6. The van der Waals surface area contributed by atoms with Crippen LogP contribution in [0, 0.1) is 13.8 Å². The first-order chi connectivity index (χ1) is 12.4. The van der Waals surface area contributed by atoms with Gasteiger partial charge in [0.25, 0.3) is 0 Å². The fraction of sp³-hybridized carbons (Fsp3) is 0.722. The lowest BCUT2D eigenvalue weighted by molar-refractivity contribution is -0.138. The molecule has 0 aromatic carbocycles. The normalized spacial score (nSPS) is 24.7. The molecule has 0 spiro atoms. The summed E-state index contributed by atoms with van der Waals surface area (Å²) in [6.45, 7) is 6.47. The zero-order valence-electron chi connectivity index (χ0n) is 15.5. The molecule has 144 valence electrons. The van der Waals surface area contributed by atoms with Gasteiger partial charge in [0.15, 0.2) is 0 Å². The molecule has 1 aromatic heterocycles. The number of β-amino-alcohol motifs (C(OH)–C–C–N with tert-alkyl or cyclic N) is 1. The molecule has 0 unspecified atom stereocenters. The van der Waals surface area contributed by atoms with Gasteiger partial charge in [0, 0.05) is 38.2 Å². The molecular weight excluding hydrogens is 336 g/mol. The summed E-state index contributed by atoms with van der Waals surface area (Å²) in [6, 6.07) is -0.275. The Balaban J connectivity index is 1.48. The van der Waals surface area contributed by atoms with Gasteiger partial charge in [0.1, 0.15) is 5.76 Å².